The fraction of sp³-hybridized carbons (Fsp3) is 0.467. The van der Waals surface area contributed by atoms with Crippen LogP contribution in [0.2, 0.25) is 0 Å². The molecule has 0 atom stereocenters. The summed E-state index contributed by atoms with van der Waals surface area (Å²) in [4.78, 5) is 0. The number of nitrogens with zero attached hydrogens (tertiary/aromatic N) is 1. The Bertz CT molecular complexity index is 562. The largest absolute Gasteiger partial charge is 0.341 e. The summed E-state index contributed by atoms with van der Waals surface area (Å²) in [5.74, 6) is 0. The average molecular weight is 228 g/mol. The van der Waals surface area contributed by atoms with Gasteiger partial charge in [0, 0.05) is 29.1 Å². The molecule has 1 aromatic heterocycles. The van der Waals surface area contributed by atoms with E-state index >= 15 is 0 Å². The van der Waals surface area contributed by atoms with E-state index in [1.54, 1.807) is 0 Å². The summed E-state index contributed by atoms with van der Waals surface area (Å²) in [7, 11) is 0. The average Bonchev–Trinajstić information content (AvgIpc) is 3.08. The molecule has 2 nitrogen and oxygen atoms in total. The highest BCUT2D eigenvalue weighted by atomic mass is 15.1. The minimum Gasteiger partial charge on any atom is -0.341 e. The first-order valence-corrected chi connectivity index (χ1v) is 6.53. The number of fused-ring (bicyclic) bond motifs is 1. The summed E-state index contributed by atoms with van der Waals surface area (Å²) < 4.78 is 2.55. The highest BCUT2D eigenvalue weighted by Gasteiger charge is 2.28. The third-order valence-corrected chi connectivity index (χ3v) is 3.90. The molecule has 0 radical (unpaired) electrons. The maximum atomic E-state index is 5.77. The van der Waals surface area contributed by atoms with Crippen molar-refractivity contribution >= 4 is 10.9 Å². The highest BCUT2D eigenvalue weighted by Crippen LogP contribution is 2.41. The van der Waals surface area contributed by atoms with Crippen LogP contribution in [0.3, 0.4) is 0 Å². The van der Waals surface area contributed by atoms with Gasteiger partial charge in [0.1, 0.15) is 0 Å². The Morgan fingerprint density at radius 3 is 2.71 bits per heavy atom. The number of hydrogen-bond acceptors (Lipinski definition) is 1. The lowest BCUT2D eigenvalue weighted by molar-refractivity contribution is 0.711. The van der Waals surface area contributed by atoms with E-state index in [-0.39, 0.29) is 0 Å². The molecule has 1 aliphatic carbocycles. The summed E-state index contributed by atoms with van der Waals surface area (Å²) in [6.07, 6.45) is 3.65. The van der Waals surface area contributed by atoms with Crippen molar-refractivity contribution in [1.82, 2.24) is 4.57 Å². The summed E-state index contributed by atoms with van der Waals surface area (Å²) in [6, 6.07) is 7.36. The van der Waals surface area contributed by atoms with E-state index < -0.39 is 0 Å². The molecule has 90 valence electrons. The molecule has 0 spiro atoms. The molecule has 0 aliphatic heterocycles. The molecule has 2 heteroatoms. The Morgan fingerprint density at radius 1 is 1.29 bits per heavy atom. The molecule has 0 bridgehead atoms. The van der Waals surface area contributed by atoms with Gasteiger partial charge in [-0.25, -0.2) is 0 Å². The summed E-state index contributed by atoms with van der Waals surface area (Å²) >= 11 is 0. The van der Waals surface area contributed by atoms with Crippen LogP contribution in [0.4, 0.5) is 0 Å². The van der Waals surface area contributed by atoms with E-state index in [4.69, 9.17) is 5.73 Å². The van der Waals surface area contributed by atoms with Crippen molar-refractivity contribution in [3.8, 4) is 0 Å². The number of benzene rings is 1. The summed E-state index contributed by atoms with van der Waals surface area (Å²) in [5, 5.41) is 1.45. The quantitative estimate of drug-likeness (QED) is 0.860. The third-order valence-electron chi connectivity index (χ3n) is 3.90. The normalized spacial score (nSPS) is 15.7. The lowest BCUT2D eigenvalue weighted by Crippen LogP contribution is -2.09. The zero-order valence-electron chi connectivity index (χ0n) is 10.7. The van der Waals surface area contributed by atoms with E-state index in [0.29, 0.717) is 0 Å². The van der Waals surface area contributed by atoms with E-state index in [0.717, 1.165) is 19.0 Å². The zero-order valence-corrected chi connectivity index (χ0v) is 10.7. The molecule has 2 aromatic rings. The highest BCUT2D eigenvalue weighted by molar-refractivity contribution is 5.88. The van der Waals surface area contributed by atoms with E-state index in [1.807, 2.05) is 0 Å². The molecule has 3 rings (SSSR count). The van der Waals surface area contributed by atoms with Crippen molar-refractivity contribution in [3.63, 3.8) is 0 Å². The van der Waals surface area contributed by atoms with Crippen LogP contribution in [0.25, 0.3) is 10.9 Å². The molecular formula is C15H20N2. The van der Waals surface area contributed by atoms with Crippen LogP contribution in [0.1, 0.15) is 35.7 Å². The van der Waals surface area contributed by atoms with Crippen LogP contribution in [0.15, 0.2) is 18.2 Å². The van der Waals surface area contributed by atoms with Crippen molar-refractivity contribution < 1.29 is 0 Å². The van der Waals surface area contributed by atoms with E-state index in [1.165, 1.54) is 40.6 Å². The van der Waals surface area contributed by atoms with Gasteiger partial charge in [-0.2, -0.15) is 0 Å². The Hall–Kier alpha value is -1.28. The number of rotatable bonds is 3. The molecule has 0 saturated heterocycles. The fourth-order valence-electron chi connectivity index (χ4n) is 3.01. The van der Waals surface area contributed by atoms with Crippen molar-refractivity contribution in [1.29, 1.82) is 0 Å². The number of nitrogens with two attached hydrogens (primary N) is 1. The summed E-state index contributed by atoms with van der Waals surface area (Å²) in [6.45, 7) is 5.20. The fourth-order valence-corrected chi connectivity index (χ4v) is 3.01. The van der Waals surface area contributed by atoms with Crippen LogP contribution in [-0.2, 0) is 6.42 Å². The molecule has 2 N–H and O–H groups in total. The molecular weight excluding hydrogens is 208 g/mol. The predicted octanol–water partition coefficient (Wildman–Crippen LogP) is 3.09. The van der Waals surface area contributed by atoms with Gasteiger partial charge in [0.15, 0.2) is 0 Å². The van der Waals surface area contributed by atoms with Gasteiger partial charge in [-0.05, 0) is 50.4 Å². The first-order valence-electron chi connectivity index (χ1n) is 6.53. The Kier molecular flexibility index (Phi) is 2.48. The molecule has 1 fully saturated rings. The second-order valence-electron chi connectivity index (χ2n) is 5.18. The molecule has 1 heterocycles. The second-order valence-corrected chi connectivity index (χ2v) is 5.18. The van der Waals surface area contributed by atoms with Gasteiger partial charge in [0.05, 0.1) is 0 Å². The lowest BCUT2D eigenvalue weighted by Gasteiger charge is -2.09. The molecule has 0 amide bonds. The van der Waals surface area contributed by atoms with Crippen LogP contribution in [-0.4, -0.2) is 11.1 Å². The standard InChI is InChI=1S/C15H20N2/c1-10-4-3-5-14-15(10)11(2)13(8-9-16)17(14)12-6-7-12/h3-5,12H,6-9,16H2,1-2H3. The Balaban J connectivity index is 2.33. The van der Waals surface area contributed by atoms with Crippen molar-refractivity contribution in [2.24, 2.45) is 5.73 Å². The molecule has 1 aliphatic rings. The van der Waals surface area contributed by atoms with Gasteiger partial charge in [-0.15, -0.1) is 0 Å². The number of aryl methyl sites for hydroxylation is 2. The monoisotopic (exact) mass is 228 g/mol. The smallest absolute Gasteiger partial charge is 0.0490 e. The van der Waals surface area contributed by atoms with Gasteiger partial charge >= 0.3 is 0 Å². The van der Waals surface area contributed by atoms with Crippen LogP contribution in [0.5, 0.6) is 0 Å². The van der Waals surface area contributed by atoms with Gasteiger partial charge in [0.25, 0.3) is 0 Å². The third kappa shape index (κ3) is 1.59. The molecule has 17 heavy (non-hydrogen) atoms. The topological polar surface area (TPSA) is 30.9 Å². The van der Waals surface area contributed by atoms with E-state index in [2.05, 4.69) is 36.6 Å². The molecule has 1 saturated carbocycles. The maximum absolute atomic E-state index is 5.77. The van der Waals surface area contributed by atoms with Gasteiger partial charge < -0.3 is 10.3 Å². The maximum Gasteiger partial charge on any atom is 0.0490 e. The van der Waals surface area contributed by atoms with Crippen molar-refractivity contribution in [2.75, 3.05) is 6.54 Å². The predicted molar refractivity (Wildman–Crippen MR) is 72.4 cm³/mol. The second kappa shape index (κ2) is 3.88. The van der Waals surface area contributed by atoms with Gasteiger partial charge in [-0.3, -0.25) is 0 Å². The summed E-state index contributed by atoms with van der Waals surface area (Å²) in [5.41, 5.74) is 11.5. The van der Waals surface area contributed by atoms with Crippen molar-refractivity contribution in [2.45, 2.75) is 39.2 Å². The minimum atomic E-state index is 0.731. The number of aromatic nitrogens is 1. The van der Waals surface area contributed by atoms with Gasteiger partial charge in [0.2, 0.25) is 0 Å². The van der Waals surface area contributed by atoms with Crippen LogP contribution < -0.4 is 5.73 Å². The zero-order chi connectivity index (χ0) is 12.0. The van der Waals surface area contributed by atoms with Gasteiger partial charge in [-0.1, -0.05) is 12.1 Å². The van der Waals surface area contributed by atoms with Crippen LogP contribution in [0, 0.1) is 13.8 Å². The SMILES string of the molecule is Cc1cccc2c1c(C)c(CCN)n2C1CC1. The van der Waals surface area contributed by atoms with E-state index in [9.17, 15) is 0 Å². The number of hydrogen-bond donors (Lipinski definition) is 1. The Labute approximate surface area is 102 Å². The Morgan fingerprint density at radius 2 is 2.06 bits per heavy atom. The van der Waals surface area contributed by atoms with Crippen LogP contribution >= 0.6 is 0 Å². The minimum absolute atomic E-state index is 0.731. The first kappa shape index (κ1) is 10.8. The lowest BCUT2D eigenvalue weighted by atomic mass is 10.1. The molecule has 0 unspecified atom stereocenters. The first-order chi connectivity index (χ1) is 8.24. The molecule has 1 aromatic carbocycles. The van der Waals surface area contributed by atoms with Crippen molar-refractivity contribution in [3.05, 3.63) is 35.0 Å².